The number of hydrogen-bond donors (Lipinski definition) is 0. The summed E-state index contributed by atoms with van der Waals surface area (Å²) in [5.74, 6) is 0. The summed E-state index contributed by atoms with van der Waals surface area (Å²) in [6.07, 6.45) is 0. The average molecular weight is 729 g/mol. The molecule has 11 aromatic carbocycles. The lowest BCUT2D eigenvalue weighted by Gasteiger charge is -2.22. The van der Waals surface area contributed by atoms with Gasteiger partial charge in [0.15, 0.2) is 0 Å². The van der Waals surface area contributed by atoms with Gasteiger partial charge in [-0.2, -0.15) is 0 Å². The average Bonchev–Trinajstić information content (AvgIpc) is 3.24. The number of hydrogen-bond acceptors (Lipinski definition) is 0. The van der Waals surface area contributed by atoms with Gasteiger partial charge in [-0.05, 0) is 139 Å². The molecule has 0 aliphatic heterocycles. The Hall–Kier alpha value is -6.54. The van der Waals surface area contributed by atoms with Crippen molar-refractivity contribution in [1.82, 2.24) is 0 Å². The van der Waals surface area contributed by atoms with Crippen molar-refractivity contribution in [3.63, 3.8) is 0 Å². The fraction of sp³-hybridized carbons (Fsp3) is 0.0545. The summed E-state index contributed by atoms with van der Waals surface area (Å²) in [6.45, 7) is 7.28. The summed E-state index contributed by atoms with van der Waals surface area (Å²) in [6, 6.07) is 71.0. The molecule has 0 aliphatic rings. The predicted molar refractivity (Wildman–Crippen MR) is 247 cm³/mol. The lowest BCUT2D eigenvalue weighted by Crippen LogP contribution is -2.37. The zero-order chi connectivity index (χ0) is 37.5. The number of rotatable bonds is 5. The third kappa shape index (κ3) is 5.27. The molecule has 56 heavy (non-hydrogen) atoms. The lowest BCUT2D eigenvalue weighted by atomic mass is 9.81. The Morgan fingerprint density at radius 1 is 0.268 bits per heavy atom. The number of benzene rings is 11. The predicted octanol–water partition coefficient (Wildman–Crippen LogP) is 15.3. The van der Waals surface area contributed by atoms with Crippen LogP contribution in [0.5, 0.6) is 0 Å². The second-order valence-corrected chi connectivity index (χ2v) is 21.6. The molecule has 0 spiro atoms. The van der Waals surface area contributed by atoms with E-state index in [1.165, 1.54) is 114 Å². The molecule has 0 atom stereocenters. The molecule has 11 rings (SSSR count). The summed E-state index contributed by atoms with van der Waals surface area (Å²) in [4.78, 5) is 0. The first kappa shape index (κ1) is 32.8. The second-order valence-electron chi connectivity index (χ2n) is 16.5. The molecule has 1 heteroatoms. The first-order chi connectivity index (χ1) is 27.4. The van der Waals surface area contributed by atoms with Crippen LogP contribution in [-0.4, -0.2) is 8.07 Å². The van der Waals surface area contributed by atoms with E-state index in [0.717, 1.165) is 0 Å². The maximum absolute atomic E-state index is 2.46. The van der Waals surface area contributed by atoms with E-state index in [0.29, 0.717) is 0 Å². The molecule has 0 fully saturated rings. The minimum absolute atomic E-state index is 1.24. The molecule has 0 N–H and O–H groups in total. The van der Waals surface area contributed by atoms with E-state index in [1.807, 2.05) is 0 Å². The fourth-order valence-electron chi connectivity index (χ4n) is 9.17. The van der Waals surface area contributed by atoms with Crippen molar-refractivity contribution in [2.45, 2.75) is 19.6 Å². The van der Waals surface area contributed by atoms with Gasteiger partial charge in [0.25, 0.3) is 0 Å². The maximum atomic E-state index is 2.46. The highest BCUT2D eigenvalue weighted by Gasteiger charge is 2.22. The summed E-state index contributed by atoms with van der Waals surface area (Å²) in [5.41, 5.74) is 10.0. The first-order valence-corrected chi connectivity index (χ1v) is 23.2. The molecule has 0 aromatic heterocycles. The van der Waals surface area contributed by atoms with Gasteiger partial charge < -0.3 is 0 Å². The van der Waals surface area contributed by atoms with E-state index < -0.39 is 8.07 Å². The molecular weight excluding hydrogens is 689 g/mol. The topological polar surface area (TPSA) is 0 Å². The quantitative estimate of drug-likeness (QED) is 0.122. The Morgan fingerprint density at radius 3 is 0.911 bits per heavy atom. The van der Waals surface area contributed by atoms with E-state index in [1.54, 1.807) is 0 Å². The van der Waals surface area contributed by atoms with Gasteiger partial charge in [0.2, 0.25) is 0 Å². The monoisotopic (exact) mass is 728 g/mol. The Bertz CT molecular complexity index is 3230. The van der Waals surface area contributed by atoms with Gasteiger partial charge in [-0.1, -0.05) is 183 Å². The van der Waals surface area contributed by atoms with Gasteiger partial charge >= 0.3 is 0 Å². The van der Waals surface area contributed by atoms with Crippen LogP contribution in [0, 0.1) is 0 Å². The Morgan fingerprint density at radius 2 is 0.571 bits per heavy atom. The zero-order valence-electron chi connectivity index (χ0n) is 31.9. The highest BCUT2D eigenvalue weighted by atomic mass is 28.3. The third-order valence-corrected chi connectivity index (χ3v) is 14.2. The van der Waals surface area contributed by atoms with Crippen molar-refractivity contribution < 1.29 is 0 Å². The fourth-order valence-corrected chi connectivity index (χ4v) is 10.3. The molecule has 264 valence electrons. The van der Waals surface area contributed by atoms with Crippen LogP contribution >= 0.6 is 0 Å². The van der Waals surface area contributed by atoms with Crippen LogP contribution in [0.4, 0.5) is 0 Å². The van der Waals surface area contributed by atoms with Crippen LogP contribution < -0.4 is 5.19 Å². The molecule has 0 radical (unpaired) electrons. The summed E-state index contributed by atoms with van der Waals surface area (Å²) >= 11 is 0. The molecular formula is C55H40Si. The molecule has 0 amide bonds. The van der Waals surface area contributed by atoms with E-state index in [-0.39, 0.29) is 0 Å². The molecule has 0 bridgehead atoms. The molecule has 0 aliphatic carbocycles. The summed E-state index contributed by atoms with van der Waals surface area (Å²) in [5, 5.41) is 16.8. The Kier molecular flexibility index (Phi) is 7.33. The first-order valence-electron chi connectivity index (χ1n) is 19.7. The Labute approximate surface area is 328 Å². The van der Waals surface area contributed by atoms with Gasteiger partial charge in [0.05, 0.1) is 8.07 Å². The minimum atomic E-state index is -1.47. The largest absolute Gasteiger partial charge is 0.0775 e. The summed E-state index contributed by atoms with van der Waals surface area (Å²) in [7, 11) is -1.47. The van der Waals surface area contributed by atoms with Crippen molar-refractivity contribution in [2.75, 3.05) is 0 Å². The van der Waals surface area contributed by atoms with Crippen LogP contribution in [-0.2, 0) is 0 Å². The van der Waals surface area contributed by atoms with E-state index in [4.69, 9.17) is 0 Å². The molecule has 0 nitrogen and oxygen atoms in total. The van der Waals surface area contributed by atoms with Gasteiger partial charge in [0.1, 0.15) is 0 Å². The van der Waals surface area contributed by atoms with Crippen molar-refractivity contribution in [3.05, 3.63) is 188 Å². The molecule has 11 aromatic rings. The zero-order valence-corrected chi connectivity index (χ0v) is 32.9. The maximum Gasteiger partial charge on any atom is 0.0775 e. The third-order valence-electron chi connectivity index (χ3n) is 12.1. The highest BCUT2D eigenvalue weighted by Crippen LogP contribution is 2.49. The minimum Gasteiger partial charge on any atom is -0.0656 e. The Balaban J connectivity index is 1.28. The molecule has 0 heterocycles. The standard InChI is InChI=1S/C55H40Si/c1-56(2,3)45-24-22-38(23-25-45)50-33-51(42-19-16-35-10-4-7-13-39(35)30-42)47-28-29-49-53(44-21-18-37-12-6-9-15-41(37)32-44)34-52(48-27-26-46(50)54(47)55(48)49)43-20-17-36-11-5-8-14-40(36)31-43/h4-34H,1-3H3. The van der Waals surface area contributed by atoms with Gasteiger partial charge in [-0.15, -0.1) is 0 Å². The van der Waals surface area contributed by atoms with E-state index in [9.17, 15) is 0 Å². The van der Waals surface area contributed by atoms with Crippen molar-refractivity contribution in [2.24, 2.45) is 0 Å². The molecule has 0 unspecified atom stereocenters. The van der Waals surface area contributed by atoms with Crippen LogP contribution in [0.2, 0.25) is 19.6 Å². The highest BCUT2D eigenvalue weighted by molar-refractivity contribution is 6.88. The summed E-state index contributed by atoms with van der Waals surface area (Å²) < 4.78 is 0. The smallest absolute Gasteiger partial charge is 0.0656 e. The lowest BCUT2D eigenvalue weighted by molar-refractivity contribution is 1.64. The molecule has 0 saturated carbocycles. The van der Waals surface area contributed by atoms with Gasteiger partial charge in [0, 0.05) is 0 Å². The second kappa shape index (κ2) is 12.5. The van der Waals surface area contributed by atoms with Crippen molar-refractivity contribution in [1.29, 1.82) is 0 Å². The van der Waals surface area contributed by atoms with Crippen molar-refractivity contribution in [3.8, 4) is 44.5 Å². The van der Waals surface area contributed by atoms with Crippen molar-refractivity contribution >= 4 is 77.9 Å². The number of fused-ring (bicyclic) bond motifs is 3. The SMILES string of the molecule is C[Si](C)(C)c1ccc(-c2cc(-c3ccc4ccccc4c3)c3ccc4c(-c5ccc6ccccc6c5)cc(-c5ccc6ccccc6c5)c5ccc2c3c54)cc1. The van der Waals surface area contributed by atoms with Crippen LogP contribution in [0.3, 0.4) is 0 Å². The van der Waals surface area contributed by atoms with Gasteiger partial charge in [-0.25, -0.2) is 0 Å². The molecule has 0 saturated heterocycles. The normalized spacial score (nSPS) is 12.2. The van der Waals surface area contributed by atoms with Crippen LogP contribution in [0.15, 0.2) is 188 Å². The van der Waals surface area contributed by atoms with E-state index >= 15 is 0 Å². The van der Waals surface area contributed by atoms with Crippen LogP contribution in [0.1, 0.15) is 0 Å². The van der Waals surface area contributed by atoms with E-state index in [2.05, 4.69) is 208 Å². The van der Waals surface area contributed by atoms with Crippen LogP contribution in [0.25, 0.3) is 109 Å². The van der Waals surface area contributed by atoms with Gasteiger partial charge in [-0.3, -0.25) is 0 Å².